The Morgan fingerprint density at radius 1 is 1.22 bits per heavy atom. The predicted molar refractivity (Wildman–Crippen MR) is 96.9 cm³/mol. The molecule has 118 valence electrons. The van der Waals surface area contributed by atoms with E-state index in [0.29, 0.717) is 6.42 Å². The number of nitrogens with one attached hydrogen (secondary N) is 1. The molecule has 0 fully saturated rings. The fraction of sp³-hybridized carbons (Fsp3) is 0.222. The first-order chi connectivity index (χ1) is 11.1. The van der Waals surface area contributed by atoms with Crippen LogP contribution in [0.1, 0.15) is 29.8 Å². The second kappa shape index (κ2) is 7.06. The molecule has 0 bridgehead atoms. The van der Waals surface area contributed by atoms with Crippen LogP contribution >= 0.6 is 22.7 Å². The van der Waals surface area contributed by atoms with Crippen LogP contribution in [0.3, 0.4) is 0 Å². The summed E-state index contributed by atoms with van der Waals surface area (Å²) in [6.45, 7) is 4.07. The predicted octanol–water partition coefficient (Wildman–Crippen LogP) is 4.60. The number of thiophene rings is 1. The zero-order chi connectivity index (χ0) is 16.2. The summed E-state index contributed by atoms with van der Waals surface area (Å²) < 4.78 is 0. The van der Waals surface area contributed by atoms with Crippen LogP contribution in [0.15, 0.2) is 47.2 Å². The minimum atomic E-state index is -0.000831. The van der Waals surface area contributed by atoms with E-state index >= 15 is 0 Å². The molecule has 3 rings (SSSR count). The number of nitrogens with zero attached hydrogens (tertiary/aromatic N) is 1. The van der Waals surface area contributed by atoms with Crippen LogP contribution in [-0.4, -0.2) is 10.9 Å². The second-order valence-corrected chi connectivity index (χ2v) is 7.25. The van der Waals surface area contributed by atoms with E-state index in [0.717, 1.165) is 21.1 Å². The number of hydrogen-bond donors (Lipinski definition) is 1. The van der Waals surface area contributed by atoms with Crippen LogP contribution < -0.4 is 5.32 Å². The van der Waals surface area contributed by atoms with Gasteiger partial charge in [0.15, 0.2) is 0 Å². The molecule has 1 aromatic carbocycles. The van der Waals surface area contributed by atoms with E-state index in [1.54, 1.807) is 22.7 Å². The maximum atomic E-state index is 12.3. The lowest BCUT2D eigenvalue weighted by Crippen LogP contribution is -2.28. The van der Waals surface area contributed by atoms with Crippen LogP contribution in [0.5, 0.6) is 0 Å². The Morgan fingerprint density at radius 2 is 2.04 bits per heavy atom. The van der Waals surface area contributed by atoms with E-state index in [9.17, 15) is 4.79 Å². The zero-order valence-corrected chi connectivity index (χ0v) is 14.7. The summed E-state index contributed by atoms with van der Waals surface area (Å²) in [5.74, 6) is 0.00350. The number of aryl methyl sites for hydroxylation is 1. The normalized spacial score (nSPS) is 12.1. The fourth-order valence-corrected chi connectivity index (χ4v) is 4.14. The molecule has 3 aromatic rings. The maximum Gasteiger partial charge on any atom is 0.226 e. The molecule has 5 heteroatoms. The van der Waals surface area contributed by atoms with Crippen molar-refractivity contribution in [3.05, 3.63) is 64.0 Å². The zero-order valence-electron chi connectivity index (χ0n) is 13.1. The largest absolute Gasteiger partial charge is 0.349 e. The maximum absolute atomic E-state index is 12.3. The Bertz CT molecular complexity index is 793. The van der Waals surface area contributed by atoms with Crippen molar-refractivity contribution in [1.82, 2.24) is 10.3 Å². The molecule has 0 radical (unpaired) electrons. The number of carbonyl (C=O) groups is 1. The second-order valence-electron chi connectivity index (χ2n) is 5.44. The molecule has 1 amide bonds. The molecule has 1 unspecified atom stereocenters. The van der Waals surface area contributed by atoms with E-state index in [1.165, 1.54) is 5.56 Å². The average Bonchev–Trinajstić information content (AvgIpc) is 3.18. The summed E-state index contributed by atoms with van der Waals surface area (Å²) in [6, 6.07) is 12.2. The first-order valence-electron chi connectivity index (χ1n) is 7.46. The van der Waals surface area contributed by atoms with Gasteiger partial charge < -0.3 is 5.32 Å². The Morgan fingerprint density at radius 3 is 2.78 bits per heavy atom. The lowest BCUT2D eigenvalue weighted by atomic mass is 10.0. The Balaban J connectivity index is 1.62. The summed E-state index contributed by atoms with van der Waals surface area (Å²) >= 11 is 3.25. The number of thiazole rings is 1. The topological polar surface area (TPSA) is 42.0 Å². The summed E-state index contributed by atoms with van der Waals surface area (Å²) in [7, 11) is 0. The first kappa shape index (κ1) is 15.9. The van der Waals surface area contributed by atoms with Crippen LogP contribution in [0.25, 0.3) is 9.88 Å². The van der Waals surface area contributed by atoms with Crippen LogP contribution in [0.2, 0.25) is 0 Å². The summed E-state index contributed by atoms with van der Waals surface area (Å²) in [5, 5.41) is 8.04. The first-order valence-corrected chi connectivity index (χ1v) is 9.22. The Kier molecular flexibility index (Phi) is 4.88. The van der Waals surface area contributed by atoms with Gasteiger partial charge in [0.2, 0.25) is 5.91 Å². The third-order valence-corrected chi connectivity index (χ3v) is 5.59. The van der Waals surface area contributed by atoms with Gasteiger partial charge in [-0.25, -0.2) is 4.98 Å². The molecule has 1 N–H and O–H groups in total. The standard InChI is InChI=1S/C18H18N2OS2/c1-12-6-3-4-7-15(12)13(2)19-17(21)10-14-11-23-18(20-14)16-8-5-9-22-16/h3-9,11,13H,10H2,1-2H3,(H,19,21). The van der Waals surface area contributed by atoms with E-state index in [1.807, 2.05) is 41.9 Å². The van der Waals surface area contributed by atoms with E-state index < -0.39 is 0 Å². The van der Waals surface area contributed by atoms with Crippen molar-refractivity contribution >= 4 is 28.6 Å². The smallest absolute Gasteiger partial charge is 0.226 e. The highest BCUT2D eigenvalue weighted by Crippen LogP contribution is 2.28. The highest BCUT2D eigenvalue weighted by Gasteiger charge is 2.14. The van der Waals surface area contributed by atoms with E-state index in [4.69, 9.17) is 0 Å². The molecule has 1 atom stereocenters. The Labute approximate surface area is 144 Å². The minimum absolute atomic E-state index is 0.000831. The van der Waals surface area contributed by atoms with Crippen molar-refractivity contribution in [2.75, 3.05) is 0 Å². The number of aromatic nitrogens is 1. The molecule has 0 aliphatic rings. The van der Waals surface area contributed by atoms with E-state index in [2.05, 4.69) is 29.4 Å². The molecule has 0 saturated heterocycles. The van der Waals surface area contributed by atoms with Gasteiger partial charge in [-0.2, -0.15) is 0 Å². The monoisotopic (exact) mass is 342 g/mol. The van der Waals surface area contributed by atoms with Gasteiger partial charge in [-0.1, -0.05) is 30.3 Å². The molecule has 23 heavy (non-hydrogen) atoms. The van der Waals surface area contributed by atoms with Crippen molar-refractivity contribution in [3.63, 3.8) is 0 Å². The van der Waals surface area contributed by atoms with Crippen LogP contribution in [0, 0.1) is 6.92 Å². The number of rotatable bonds is 5. The summed E-state index contributed by atoms with van der Waals surface area (Å²) in [5.41, 5.74) is 3.17. The highest BCUT2D eigenvalue weighted by atomic mass is 32.1. The average molecular weight is 342 g/mol. The van der Waals surface area contributed by atoms with Gasteiger partial charge >= 0.3 is 0 Å². The fourth-order valence-electron chi connectivity index (χ4n) is 2.51. The van der Waals surface area contributed by atoms with Gasteiger partial charge in [0, 0.05) is 5.38 Å². The number of carbonyl (C=O) groups excluding carboxylic acids is 1. The van der Waals surface area contributed by atoms with Crippen molar-refractivity contribution < 1.29 is 4.79 Å². The lowest BCUT2D eigenvalue weighted by molar-refractivity contribution is -0.121. The van der Waals surface area contributed by atoms with E-state index in [-0.39, 0.29) is 11.9 Å². The number of benzene rings is 1. The van der Waals surface area contributed by atoms with Crippen LogP contribution in [0.4, 0.5) is 0 Å². The van der Waals surface area contributed by atoms with Crippen molar-refractivity contribution in [2.24, 2.45) is 0 Å². The van der Waals surface area contributed by atoms with Crippen molar-refractivity contribution in [3.8, 4) is 9.88 Å². The third kappa shape index (κ3) is 3.86. The molecule has 0 aliphatic carbocycles. The Hall–Kier alpha value is -1.98. The SMILES string of the molecule is Cc1ccccc1C(C)NC(=O)Cc1csc(-c2cccs2)n1. The molecule has 2 heterocycles. The van der Waals surface area contributed by atoms with Crippen LogP contribution in [-0.2, 0) is 11.2 Å². The number of hydrogen-bond acceptors (Lipinski definition) is 4. The van der Waals surface area contributed by atoms with Gasteiger partial charge in [0.05, 0.1) is 23.0 Å². The summed E-state index contributed by atoms with van der Waals surface area (Å²) in [6.07, 6.45) is 0.318. The van der Waals surface area contributed by atoms with Crippen molar-refractivity contribution in [2.45, 2.75) is 26.3 Å². The molecule has 0 spiro atoms. The van der Waals surface area contributed by atoms with Gasteiger partial charge in [0.25, 0.3) is 0 Å². The van der Waals surface area contributed by atoms with Gasteiger partial charge in [-0.3, -0.25) is 4.79 Å². The lowest BCUT2D eigenvalue weighted by Gasteiger charge is -2.16. The van der Waals surface area contributed by atoms with Crippen molar-refractivity contribution in [1.29, 1.82) is 0 Å². The van der Waals surface area contributed by atoms with Gasteiger partial charge in [-0.15, -0.1) is 22.7 Å². The molecular weight excluding hydrogens is 324 g/mol. The molecule has 2 aromatic heterocycles. The molecule has 0 saturated carbocycles. The third-order valence-electron chi connectivity index (χ3n) is 3.66. The quantitative estimate of drug-likeness (QED) is 0.736. The highest BCUT2D eigenvalue weighted by molar-refractivity contribution is 7.20. The number of amides is 1. The van der Waals surface area contributed by atoms with Gasteiger partial charge in [0.1, 0.15) is 5.01 Å². The summed E-state index contributed by atoms with van der Waals surface area (Å²) in [4.78, 5) is 18.0. The molecule has 0 aliphatic heterocycles. The molecule has 3 nitrogen and oxygen atoms in total. The van der Waals surface area contributed by atoms with Gasteiger partial charge in [-0.05, 0) is 36.4 Å². The molecular formula is C18H18N2OS2. The minimum Gasteiger partial charge on any atom is -0.349 e.